The maximum absolute atomic E-state index is 13.0. The summed E-state index contributed by atoms with van der Waals surface area (Å²) in [7, 11) is 0. The van der Waals surface area contributed by atoms with Gasteiger partial charge in [-0.05, 0) is 37.7 Å². The summed E-state index contributed by atoms with van der Waals surface area (Å²) in [6.07, 6.45) is 1.37. The Kier molecular flexibility index (Phi) is 16.0. The molecule has 0 saturated heterocycles. The molecule has 0 saturated carbocycles. The Morgan fingerprint density at radius 3 is 1.84 bits per heavy atom. The highest BCUT2D eigenvalue weighted by molar-refractivity contribution is 7.98. The number of nitrogens with two attached hydrogens (primary N) is 5. The fraction of sp³-hybridized carbons (Fsp3) is 0.650. The third-order valence-electron chi connectivity index (χ3n) is 4.88. The molecule has 0 spiro atoms. The molecule has 4 atom stereocenters. The summed E-state index contributed by atoms with van der Waals surface area (Å²) in [5.41, 5.74) is 26.5. The largest absolute Gasteiger partial charge is 0.480 e. The first-order valence-electron chi connectivity index (χ1n) is 11.3. The molecule has 0 radical (unpaired) electrons. The van der Waals surface area contributed by atoms with Crippen LogP contribution in [0.4, 0.5) is 0 Å². The van der Waals surface area contributed by atoms with Gasteiger partial charge in [0.05, 0.1) is 12.5 Å². The molecule has 0 aromatic carbocycles. The second kappa shape index (κ2) is 17.8. The van der Waals surface area contributed by atoms with Crippen LogP contribution in [0.25, 0.3) is 0 Å². The summed E-state index contributed by atoms with van der Waals surface area (Å²) in [4.78, 5) is 75.8. The van der Waals surface area contributed by atoms with Crippen molar-refractivity contribution < 1.29 is 33.9 Å². The van der Waals surface area contributed by atoms with Crippen LogP contribution in [0.2, 0.25) is 0 Å². The minimum atomic E-state index is -1.65. The molecule has 0 aliphatic rings. The van der Waals surface area contributed by atoms with Crippen molar-refractivity contribution in [3.05, 3.63) is 0 Å². The van der Waals surface area contributed by atoms with Crippen LogP contribution in [0.3, 0.4) is 0 Å². The number of carbonyl (C=O) groups excluding carboxylic acids is 5. The lowest BCUT2D eigenvalue weighted by molar-refractivity contribution is -0.144. The van der Waals surface area contributed by atoms with E-state index < -0.39 is 66.1 Å². The van der Waals surface area contributed by atoms with E-state index in [2.05, 4.69) is 20.9 Å². The van der Waals surface area contributed by atoms with E-state index in [1.54, 1.807) is 6.26 Å². The van der Waals surface area contributed by atoms with Gasteiger partial charge in [0.1, 0.15) is 18.1 Å². The first kappa shape index (κ1) is 33.4. The molecular weight excluding hydrogens is 510 g/mol. The molecule has 14 N–H and O–H groups in total. The number of carboxylic acid groups (broad SMARTS) is 1. The molecule has 0 fully saturated rings. The van der Waals surface area contributed by atoms with E-state index in [9.17, 15) is 33.9 Å². The van der Waals surface area contributed by atoms with Crippen LogP contribution in [-0.2, 0) is 28.8 Å². The Labute approximate surface area is 218 Å². The van der Waals surface area contributed by atoms with Crippen molar-refractivity contribution in [2.24, 2.45) is 33.7 Å². The first-order chi connectivity index (χ1) is 17.3. The van der Waals surface area contributed by atoms with Gasteiger partial charge in [-0.3, -0.25) is 29.0 Å². The number of aliphatic carboxylic acids is 1. The van der Waals surface area contributed by atoms with Crippen molar-refractivity contribution in [3.63, 3.8) is 0 Å². The average Bonchev–Trinajstić information content (AvgIpc) is 2.80. The van der Waals surface area contributed by atoms with Gasteiger partial charge in [0.25, 0.3) is 0 Å². The molecule has 5 amide bonds. The normalized spacial score (nSPS) is 13.8. The highest BCUT2D eigenvalue weighted by Gasteiger charge is 2.31. The van der Waals surface area contributed by atoms with Gasteiger partial charge in [-0.2, -0.15) is 11.8 Å². The van der Waals surface area contributed by atoms with Crippen LogP contribution < -0.4 is 44.6 Å². The number of rotatable bonds is 19. The molecule has 0 rings (SSSR count). The van der Waals surface area contributed by atoms with Gasteiger partial charge in [0.2, 0.25) is 29.5 Å². The maximum Gasteiger partial charge on any atom is 0.326 e. The number of hydrogen-bond acceptors (Lipinski definition) is 9. The van der Waals surface area contributed by atoms with Gasteiger partial charge >= 0.3 is 5.97 Å². The van der Waals surface area contributed by atoms with Gasteiger partial charge in [-0.15, -0.1) is 0 Å². The number of nitrogens with one attached hydrogen (secondary N) is 3. The Hall–Kier alpha value is -3.60. The molecule has 0 aliphatic carbocycles. The lowest BCUT2D eigenvalue weighted by Crippen LogP contribution is -2.57. The third kappa shape index (κ3) is 15.2. The van der Waals surface area contributed by atoms with Gasteiger partial charge in [0, 0.05) is 13.0 Å². The van der Waals surface area contributed by atoms with Crippen molar-refractivity contribution >= 4 is 53.2 Å². The van der Waals surface area contributed by atoms with Gasteiger partial charge < -0.3 is 49.7 Å². The standard InChI is InChI=1S/C20H37N9O7S/c1-37-8-6-12(27-16(32)10(21)3-2-7-26-20(24)25)18(34)28-11(4-5-14(22)30)17(33)29-13(19(35)36)9-15(23)31/h10-13H,2-9,21H2,1H3,(H2,22,30)(H2,23,31)(H,27,32)(H,28,34)(H,29,33)(H,35,36)(H4,24,25,26). The molecule has 0 aliphatic heterocycles. The fourth-order valence-electron chi connectivity index (χ4n) is 2.94. The van der Waals surface area contributed by atoms with Crippen molar-refractivity contribution in [2.75, 3.05) is 18.6 Å². The second-order valence-electron chi connectivity index (χ2n) is 8.03. The summed E-state index contributed by atoms with van der Waals surface area (Å²) in [5.74, 6) is -5.24. The van der Waals surface area contributed by atoms with Gasteiger partial charge in [-0.25, -0.2) is 4.79 Å². The van der Waals surface area contributed by atoms with E-state index >= 15 is 0 Å². The van der Waals surface area contributed by atoms with Crippen LogP contribution in [0, 0.1) is 0 Å². The van der Waals surface area contributed by atoms with E-state index in [1.807, 2.05) is 0 Å². The molecule has 0 heterocycles. The number of aliphatic imine (C=N–C) groups is 1. The van der Waals surface area contributed by atoms with Crippen molar-refractivity contribution in [1.29, 1.82) is 0 Å². The van der Waals surface area contributed by atoms with Gasteiger partial charge in [-0.1, -0.05) is 0 Å². The topological polar surface area (TPSA) is 301 Å². The molecule has 0 aromatic heterocycles. The quantitative estimate of drug-likeness (QED) is 0.0424. The molecule has 0 aromatic rings. The minimum absolute atomic E-state index is 0.0916. The smallest absolute Gasteiger partial charge is 0.326 e. The average molecular weight is 548 g/mol. The maximum atomic E-state index is 13.0. The van der Waals surface area contributed by atoms with Crippen LogP contribution >= 0.6 is 11.8 Å². The lowest BCUT2D eigenvalue weighted by atomic mass is 10.1. The van der Waals surface area contributed by atoms with E-state index in [0.717, 1.165) is 0 Å². The monoisotopic (exact) mass is 547 g/mol. The van der Waals surface area contributed by atoms with E-state index in [4.69, 9.17) is 28.7 Å². The number of primary amides is 2. The summed E-state index contributed by atoms with van der Waals surface area (Å²) >= 11 is 1.41. The van der Waals surface area contributed by atoms with Crippen LogP contribution in [0.5, 0.6) is 0 Å². The van der Waals surface area contributed by atoms with Crippen LogP contribution in [0.15, 0.2) is 4.99 Å². The molecule has 210 valence electrons. The zero-order valence-electron chi connectivity index (χ0n) is 20.6. The number of amides is 5. The molecule has 16 nitrogen and oxygen atoms in total. The number of carboxylic acids is 1. The Balaban J connectivity index is 5.46. The number of carbonyl (C=O) groups is 6. The molecular formula is C20H37N9O7S. The number of nitrogens with zero attached hydrogens (tertiary/aromatic N) is 1. The Bertz CT molecular complexity index is 852. The van der Waals surface area contributed by atoms with Gasteiger partial charge in [0.15, 0.2) is 5.96 Å². The second-order valence-corrected chi connectivity index (χ2v) is 9.02. The van der Waals surface area contributed by atoms with Crippen LogP contribution in [0.1, 0.15) is 38.5 Å². The molecule has 17 heteroatoms. The third-order valence-corrected chi connectivity index (χ3v) is 5.52. The number of hydrogen-bond donors (Lipinski definition) is 9. The summed E-state index contributed by atoms with van der Waals surface area (Å²) in [6, 6.07) is -5.09. The van der Waals surface area contributed by atoms with E-state index in [0.29, 0.717) is 12.2 Å². The summed E-state index contributed by atoms with van der Waals surface area (Å²) < 4.78 is 0. The first-order valence-corrected chi connectivity index (χ1v) is 12.7. The highest BCUT2D eigenvalue weighted by atomic mass is 32.2. The predicted octanol–water partition coefficient (Wildman–Crippen LogP) is -4.20. The number of guanidine groups is 1. The fourth-order valence-corrected chi connectivity index (χ4v) is 3.41. The zero-order chi connectivity index (χ0) is 28.5. The lowest BCUT2D eigenvalue weighted by Gasteiger charge is -2.25. The van der Waals surface area contributed by atoms with E-state index in [1.165, 1.54) is 11.8 Å². The van der Waals surface area contributed by atoms with Crippen molar-refractivity contribution in [1.82, 2.24) is 16.0 Å². The summed E-state index contributed by atoms with van der Waals surface area (Å²) in [6.45, 7) is 0.267. The Morgan fingerprint density at radius 1 is 0.811 bits per heavy atom. The number of thioether (sulfide) groups is 1. The summed E-state index contributed by atoms with van der Waals surface area (Å²) in [5, 5.41) is 16.3. The highest BCUT2D eigenvalue weighted by Crippen LogP contribution is 2.06. The Morgan fingerprint density at radius 2 is 1.35 bits per heavy atom. The molecule has 37 heavy (non-hydrogen) atoms. The minimum Gasteiger partial charge on any atom is -0.480 e. The van der Waals surface area contributed by atoms with Crippen molar-refractivity contribution in [2.45, 2.75) is 62.7 Å². The van der Waals surface area contributed by atoms with Crippen LogP contribution in [-0.4, -0.2) is 89.3 Å². The molecule has 0 bridgehead atoms. The molecule has 4 unspecified atom stereocenters. The predicted molar refractivity (Wildman–Crippen MR) is 137 cm³/mol. The van der Waals surface area contributed by atoms with E-state index in [-0.39, 0.29) is 38.2 Å². The SMILES string of the molecule is CSCCC(NC(=O)C(N)CCCN=C(N)N)C(=O)NC(CCC(N)=O)C(=O)NC(CC(N)=O)C(=O)O. The zero-order valence-corrected chi connectivity index (χ0v) is 21.4. The van der Waals surface area contributed by atoms with Crippen molar-refractivity contribution in [3.8, 4) is 0 Å².